The SMILES string of the molecule is [CH2]Oc1cc(C)cc2ncccc12. The van der Waals surface area contributed by atoms with Crippen molar-refractivity contribution in [2.45, 2.75) is 6.92 Å². The minimum absolute atomic E-state index is 0.781. The summed E-state index contributed by atoms with van der Waals surface area (Å²) >= 11 is 0. The molecule has 0 saturated heterocycles. The predicted octanol–water partition coefficient (Wildman–Crippen LogP) is 2.71. The molecule has 0 aliphatic rings. The number of hydrogen-bond donors (Lipinski definition) is 0. The van der Waals surface area contributed by atoms with Crippen molar-refractivity contribution in [3.63, 3.8) is 0 Å². The van der Waals surface area contributed by atoms with Crippen LogP contribution in [0.15, 0.2) is 30.5 Å². The Morgan fingerprint density at radius 1 is 1.38 bits per heavy atom. The van der Waals surface area contributed by atoms with Crippen LogP contribution in [-0.2, 0) is 0 Å². The van der Waals surface area contributed by atoms with Gasteiger partial charge in [0.15, 0.2) is 0 Å². The topological polar surface area (TPSA) is 22.1 Å². The highest BCUT2D eigenvalue weighted by molar-refractivity contribution is 5.85. The number of hydrogen-bond acceptors (Lipinski definition) is 2. The van der Waals surface area contributed by atoms with E-state index in [9.17, 15) is 0 Å². The molecule has 1 radical (unpaired) electrons. The number of aryl methyl sites for hydroxylation is 1. The van der Waals surface area contributed by atoms with E-state index in [1.165, 1.54) is 0 Å². The van der Waals surface area contributed by atoms with Gasteiger partial charge in [-0.1, -0.05) is 0 Å². The van der Waals surface area contributed by atoms with E-state index in [0.717, 1.165) is 22.2 Å². The normalized spacial score (nSPS) is 10.3. The Labute approximate surface area is 77.2 Å². The standard InChI is InChI=1S/C11H10NO/c1-8-6-10-9(4-3-5-12-10)11(7-8)13-2/h3-7H,2H2,1H3. The van der Waals surface area contributed by atoms with E-state index in [1.807, 2.05) is 31.2 Å². The first-order chi connectivity index (χ1) is 6.31. The summed E-state index contributed by atoms with van der Waals surface area (Å²) in [6.07, 6.45) is 1.77. The molecular formula is C11H10NO. The number of pyridine rings is 1. The number of aromatic nitrogens is 1. The van der Waals surface area contributed by atoms with Crippen LogP contribution in [-0.4, -0.2) is 4.98 Å². The summed E-state index contributed by atoms with van der Waals surface area (Å²) in [5.41, 5.74) is 2.08. The second-order valence-electron chi connectivity index (χ2n) is 2.98. The van der Waals surface area contributed by atoms with Crippen LogP contribution in [0.25, 0.3) is 10.9 Å². The maximum Gasteiger partial charge on any atom is 0.129 e. The average Bonchev–Trinajstić information content (AvgIpc) is 2.16. The molecular weight excluding hydrogens is 162 g/mol. The Morgan fingerprint density at radius 2 is 2.23 bits per heavy atom. The van der Waals surface area contributed by atoms with Gasteiger partial charge < -0.3 is 4.74 Å². The lowest BCUT2D eigenvalue weighted by Crippen LogP contribution is -1.85. The van der Waals surface area contributed by atoms with E-state index < -0.39 is 0 Å². The second-order valence-corrected chi connectivity index (χ2v) is 2.98. The molecule has 2 aromatic rings. The molecule has 0 saturated carbocycles. The fraction of sp³-hybridized carbons (Fsp3) is 0.0909. The van der Waals surface area contributed by atoms with Crippen LogP contribution in [0.3, 0.4) is 0 Å². The van der Waals surface area contributed by atoms with E-state index in [4.69, 9.17) is 4.74 Å². The zero-order chi connectivity index (χ0) is 9.26. The van der Waals surface area contributed by atoms with Gasteiger partial charge in [-0.25, -0.2) is 0 Å². The maximum absolute atomic E-state index is 5.02. The molecule has 0 spiro atoms. The smallest absolute Gasteiger partial charge is 0.129 e. The van der Waals surface area contributed by atoms with Gasteiger partial charge in [0.2, 0.25) is 0 Å². The van der Waals surface area contributed by atoms with E-state index in [0.29, 0.717) is 0 Å². The Kier molecular flexibility index (Phi) is 1.89. The molecule has 1 heterocycles. The fourth-order valence-corrected chi connectivity index (χ4v) is 1.40. The minimum atomic E-state index is 0.781. The van der Waals surface area contributed by atoms with E-state index >= 15 is 0 Å². The predicted molar refractivity (Wildman–Crippen MR) is 52.5 cm³/mol. The first-order valence-corrected chi connectivity index (χ1v) is 4.08. The summed E-state index contributed by atoms with van der Waals surface area (Å²) in [5, 5.41) is 1.00. The Bertz CT molecular complexity index is 437. The van der Waals surface area contributed by atoms with Crippen molar-refractivity contribution in [1.29, 1.82) is 0 Å². The van der Waals surface area contributed by atoms with Crippen LogP contribution in [0.4, 0.5) is 0 Å². The monoisotopic (exact) mass is 172 g/mol. The third kappa shape index (κ3) is 1.35. The molecule has 0 fully saturated rings. The molecule has 0 aliphatic heterocycles. The van der Waals surface area contributed by atoms with Gasteiger partial charge in [0.25, 0.3) is 0 Å². The third-order valence-corrected chi connectivity index (χ3v) is 1.98. The van der Waals surface area contributed by atoms with Gasteiger partial charge in [-0.05, 0) is 36.8 Å². The van der Waals surface area contributed by atoms with Crippen LogP contribution in [0.1, 0.15) is 5.56 Å². The lowest BCUT2D eigenvalue weighted by Gasteiger charge is -2.05. The molecule has 2 nitrogen and oxygen atoms in total. The molecule has 0 atom stereocenters. The molecule has 1 aromatic carbocycles. The van der Waals surface area contributed by atoms with Crippen molar-refractivity contribution in [3.8, 4) is 5.75 Å². The van der Waals surface area contributed by atoms with Gasteiger partial charge in [-0.2, -0.15) is 0 Å². The summed E-state index contributed by atoms with van der Waals surface area (Å²) in [4.78, 5) is 4.24. The molecule has 1 aromatic heterocycles. The van der Waals surface area contributed by atoms with Crippen molar-refractivity contribution in [2.75, 3.05) is 0 Å². The van der Waals surface area contributed by atoms with Gasteiger partial charge in [-0.3, -0.25) is 4.98 Å². The van der Waals surface area contributed by atoms with Gasteiger partial charge >= 0.3 is 0 Å². The van der Waals surface area contributed by atoms with Crippen LogP contribution >= 0.6 is 0 Å². The zero-order valence-electron chi connectivity index (χ0n) is 7.45. The summed E-state index contributed by atoms with van der Waals surface area (Å²) in [5.74, 6) is 0.781. The Balaban J connectivity index is 2.81. The van der Waals surface area contributed by atoms with Crippen LogP contribution < -0.4 is 4.74 Å². The zero-order valence-corrected chi connectivity index (χ0v) is 7.45. The van der Waals surface area contributed by atoms with Crippen LogP contribution in [0, 0.1) is 14.0 Å². The lowest BCUT2D eigenvalue weighted by molar-refractivity contribution is 0.478. The Morgan fingerprint density at radius 3 is 3.00 bits per heavy atom. The number of ether oxygens (including phenoxy) is 1. The van der Waals surface area contributed by atoms with Crippen LogP contribution in [0.5, 0.6) is 5.75 Å². The van der Waals surface area contributed by atoms with E-state index in [-0.39, 0.29) is 0 Å². The largest absolute Gasteiger partial charge is 0.489 e. The van der Waals surface area contributed by atoms with Crippen molar-refractivity contribution in [1.82, 2.24) is 4.98 Å². The molecule has 2 heteroatoms. The first kappa shape index (κ1) is 8.05. The lowest BCUT2D eigenvalue weighted by atomic mass is 10.1. The molecule has 2 rings (SSSR count). The third-order valence-electron chi connectivity index (χ3n) is 1.98. The van der Waals surface area contributed by atoms with E-state index in [2.05, 4.69) is 12.1 Å². The number of rotatable bonds is 1. The second kappa shape index (κ2) is 3.05. The summed E-state index contributed by atoms with van der Waals surface area (Å²) < 4.78 is 5.02. The van der Waals surface area contributed by atoms with Crippen molar-refractivity contribution < 1.29 is 4.74 Å². The van der Waals surface area contributed by atoms with Gasteiger partial charge in [0.05, 0.1) is 5.52 Å². The van der Waals surface area contributed by atoms with Gasteiger partial charge in [0.1, 0.15) is 12.9 Å². The summed E-state index contributed by atoms with van der Waals surface area (Å²) in [6, 6.07) is 7.84. The molecule has 0 bridgehead atoms. The number of benzene rings is 1. The highest BCUT2D eigenvalue weighted by Crippen LogP contribution is 2.25. The molecule has 0 N–H and O–H groups in total. The maximum atomic E-state index is 5.02. The minimum Gasteiger partial charge on any atom is -0.489 e. The van der Waals surface area contributed by atoms with Crippen molar-refractivity contribution >= 4 is 10.9 Å². The van der Waals surface area contributed by atoms with Crippen molar-refractivity contribution in [3.05, 3.63) is 43.1 Å². The van der Waals surface area contributed by atoms with E-state index in [1.54, 1.807) is 6.20 Å². The quantitative estimate of drug-likeness (QED) is 0.659. The highest BCUT2D eigenvalue weighted by atomic mass is 16.5. The first-order valence-electron chi connectivity index (χ1n) is 4.08. The van der Waals surface area contributed by atoms with Gasteiger partial charge in [-0.15, -0.1) is 0 Å². The van der Waals surface area contributed by atoms with Crippen LogP contribution in [0.2, 0.25) is 0 Å². The van der Waals surface area contributed by atoms with Crippen molar-refractivity contribution in [2.24, 2.45) is 0 Å². The molecule has 65 valence electrons. The summed E-state index contributed by atoms with van der Waals surface area (Å²) in [6.45, 7) is 2.01. The van der Waals surface area contributed by atoms with Gasteiger partial charge in [0, 0.05) is 11.6 Å². The fourth-order valence-electron chi connectivity index (χ4n) is 1.40. The molecule has 0 aliphatic carbocycles. The average molecular weight is 172 g/mol. The molecule has 13 heavy (non-hydrogen) atoms. The Hall–Kier alpha value is -1.57. The molecule has 0 unspecified atom stereocenters. The number of nitrogens with zero attached hydrogens (tertiary/aromatic N) is 1. The highest BCUT2D eigenvalue weighted by Gasteiger charge is 2.01. The number of fused-ring (bicyclic) bond motifs is 1. The summed E-state index contributed by atoms with van der Waals surface area (Å²) in [7, 11) is 3.42. The molecule has 0 amide bonds.